The van der Waals surface area contributed by atoms with Gasteiger partial charge in [0.05, 0.1) is 22.3 Å². The minimum atomic E-state index is -1.06. The Hall–Kier alpha value is -3.68. The van der Waals surface area contributed by atoms with Crippen LogP contribution in [-0.2, 0) is 0 Å². The van der Waals surface area contributed by atoms with Gasteiger partial charge in [0.25, 0.3) is 0 Å². The highest BCUT2D eigenvalue weighted by molar-refractivity contribution is 5.94. The lowest BCUT2D eigenvalue weighted by Gasteiger charge is -2.06. The van der Waals surface area contributed by atoms with Crippen LogP contribution in [0.1, 0.15) is 52.6 Å². The van der Waals surface area contributed by atoms with Gasteiger partial charge in [-0.25, -0.2) is 19.2 Å². The van der Waals surface area contributed by atoms with Gasteiger partial charge in [-0.3, -0.25) is 0 Å². The maximum absolute atomic E-state index is 10.8. The fraction of sp³-hybridized carbons (Fsp3) is 0.111. The monoisotopic (exact) mass is 360 g/mol. The van der Waals surface area contributed by atoms with Gasteiger partial charge in [-0.15, -0.1) is 0 Å². The van der Waals surface area contributed by atoms with Gasteiger partial charge in [0.1, 0.15) is 0 Å². The molecule has 26 heavy (non-hydrogen) atoms. The first kappa shape index (κ1) is 20.4. The molecule has 0 amide bonds. The molecular weight excluding hydrogens is 344 g/mol. The van der Waals surface area contributed by atoms with Crippen LogP contribution in [0.5, 0.6) is 0 Å². The Morgan fingerprint density at radius 1 is 0.577 bits per heavy atom. The van der Waals surface area contributed by atoms with Crippen molar-refractivity contribution in [2.24, 2.45) is 0 Å². The summed E-state index contributed by atoms with van der Waals surface area (Å²) in [6.45, 7) is 3.17. The van der Waals surface area contributed by atoms with Crippen LogP contribution in [0.15, 0.2) is 36.4 Å². The molecule has 0 fully saturated rings. The van der Waals surface area contributed by atoms with Gasteiger partial charge in [0.15, 0.2) is 0 Å². The molecule has 0 bridgehead atoms. The van der Waals surface area contributed by atoms with E-state index in [1.165, 1.54) is 36.4 Å². The van der Waals surface area contributed by atoms with Crippen LogP contribution in [0, 0.1) is 13.8 Å². The molecule has 0 aliphatic heterocycles. The van der Waals surface area contributed by atoms with E-state index in [1.54, 1.807) is 13.8 Å². The Bertz CT molecular complexity index is 809. The van der Waals surface area contributed by atoms with Crippen molar-refractivity contribution in [1.82, 2.24) is 0 Å². The molecule has 0 aliphatic carbocycles. The topological polar surface area (TPSA) is 149 Å². The zero-order valence-electron chi connectivity index (χ0n) is 13.9. The largest absolute Gasteiger partial charge is 0.478 e. The molecule has 8 nitrogen and oxygen atoms in total. The van der Waals surface area contributed by atoms with Gasteiger partial charge in [-0.1, -0.05) is 0 Å². The van der Waals surface area contributed by atoms with Gasteiger partial charge in [-0.05, 0) is 61.4 Å². The number of aromatic carboxylic acids is 4. The summed E-state index contributed by atoms with van der Waals surface area (Å²) in [7, 11) is 0. The summed E-state index contributed by atoms with van der Waals surface area (Å²) in [5, 5.41) is 34.5. The fourth-order valence-electron chi connectivity index (χ4n) is 2.18. The van der Waals surface area contributed by atoms with Crippen LogP contribution in [0.4, 0.5) is 0 Å². The summed E-state index contributed by atoms with van der Waals surface area (Å²) in [4.78, 5) is 42.1. The van der Waals surface area contributed by atoms with Crippen molar-refractivity contribution in [2.45, 2.75) is 13.8 Å². The number of hydrogen-bond acceptors (Lipinski definition) is 4. The molecule has 2 aromatic rings. The van der Waals surface area contributed by atoms with E-state index in [4.69, 9.17) is 20.4 Å². The Morgan fingerprint density at radius 2 is 0.885 bits per heavy atom. The van der Waals surface area contributed by atoms with Gasteiger partial charge in [0.2, 0.25) is 0 Å². The minimum absolute atomic E-state index is 0.0833. The molecule has 0 radical (unpaired) electrons. The van der Waals surface area contributed by atoms with E-state index in [-0.39, 0.29) is 22.3 Å². The molecule has 2 rings (SSSR count). The van der Waals surface area contributed by atoms with Crippen molar-refractivity contribution in [1.29, 1.82) is 0 Å². The normalized spacial score (nSPS) is 9.62. The fourth-order valence-corrected chi connectivity index (χ4v) is 2.18. The van der Waals surface area contributed by atoms with Crippen molar-refractivity contribution in [3.05, 3.63) is 69.8 Å². The summed E-state index contributed by atoms with van der Waals surface area (Å²) in [5.74, 6) is -4.20. The van der Waals surface area contributed by atoms with Gasteiger partial charge >= 0.3 is 23.9 Å². The molecule has 0 heterocycles. The second kappa shape index (κ2) is 8.43. The highest BCUT2D eigenvalue weighted by Crippen LogP contribution is 2.16. The van der Waals surface area contributed by atoms with E-state index in [0.29, 0.717) is 11.1 Å². The molecular formula is C18H16O8. The van der Waals surface area contributed by atoms with Crippen molar-refractivity contribution in [3.8, 4) is 0 Å². The number of benzene rings is 2. The molecule has 0 aromatic heterocycles. The third-order valence-electron chi connectivity index (χ3n) is 3.37. The number of carbonyl (C=O) groups is 4. The van der Waals surface area contributed by atoms with E-state index in [9.17, 15) is 19.2 Å². The van der Waals surface area contributed by atoms with Crippen LogP contribution in [0.2, 0.25) is 0 Å². The van der Waals surface area contributed by atoms with Crippen LogP contribution in [0.3, 0.4) is 0 Å². The Balaban J connectivity index is 0.000000263. The molecule has 136 valence electrons. The standard InChI is InChI=1S/C10H10O4.C8H6O4/c1-5-3-7(9(11)12)4-6(2)8(5)10(13)14;9-7(10)5-1-2-6(4-3-5)8(11)12/h3-4H,1-2H3,(H,11,12)(H,13,14);1-4H,(H,9,10)(H,11,12). The Kier molecular flexibility index (Phi) is 6.60. The summed E-state index contributed by atoms with van der Waals surface area (Å²) < 4.78 is 0. The van der Waals surface area contributed by atoms with Crippen LogP contribution >= 0.6 is 0 Å². The second-order valence-electron chi connectivity index (χ2n) is 5.28. The molecule has 0 unspecified atom stereocenters. The predicted octanol–water partition coefficient (Wildman–Crippen LogP) is 2.78. The first-order valence-corrected chi connectivity index (χ1v) is 7.19. The number of hydrogen-bond donors (Lipinski definition) is 4. The van der Waals surface area contributed by atoms with Crippen LogP contribution in [-0.4, -0.2) is 44.3 Å². The number of carboxylic acid groups (broad SMARTS) is 4. The van der Waals surface area contributed by atoms with Gasteiger partial charge in [0, 0.05) is 0 Å². The lowest BCUT2D eigenvalue weighted by atomic mass is 9.99. The molecule has 2 aromatic carbocycles. The molecule has 0 atom stereocenters. The van der Waals surface area contributed by atoms with Crippen molar-refractivity contribution in [3.63, 3.8) is 0 Å². The van der Waals surface area contributed by atoms with Crippen molar-refractivity contribution >= 4 is 23.9 Å². The zero-order valence-corrected chi connectivity index (χ0v) is 13.9. The molecule has 0 saturated heterocycles. The predicted molar refractivity (Wildman–Crippen MR) is 90.2 cm³/mol. The highest BCUT2D eigenvalue weighted by Gasteiger charge is 2.14. The molecule has 0 aliphatic rings. The van der Waals surface area contributed by atoms with E-state index >= 15 is 0 Å². The van der Waals surface area contributed by atoms with E-state index in [1.807, 2.05) is 0 Å². The quantitative estimate of drug-likeness (QED) is 0.650. The smallest absolute Gasteiger partial charge is 0.336 e. The maximum Gasteiger partial charge on any atom is 0.336 e. The summed E-state index contributed by atoms with van der Waals surface area (Å²) in [5.41, 5.74) is 1.39. The summed E-state index contributed by atoms with van der Waals surface area (Å²) in [6, 6.07) is 7.74. The van der Waals surface area contributed by atoms with E-state index < -0.39 is 23.9 Å². The van der Waals surface area contributed by atoms with Crippen LogP contribution in [0.25, 0.3) is 0 Å². The first-order chi connectivity index (χ1) is 12.0. The van der Waals surface area contributed by atoms with Crippen LogP contribution < -0.4 is 0 Å². The lowest BCUT2D eigenvalue weighted by Crippen LogP contribution is -2.06. The third-order valence-corrected chi connectivity index (χ3v) is 3.37. The minimum Gasteiger partial charge on any atom is -0.478 e. The van der Waals surface area contributed by atoms with E-state index in [2.05, 4.69) is 0 Å². The average Bonchev–Trinajstić information content (AvgIpc) is 2.54. The SMILES string of the molecule is Cc1cc(C(=O)O)cc(C)c1C(=O)O.O=C(O)c1ccc(C(=O)O)cc1. The third kappa shape index (κ3) is 5.17. The van der Waals surface area contributed by atoms with Crippen molar-refractivity contribution < 1.29 is 39.6 Å². The second-order valence-corrected chi connectivity index (χ2v) is 5.28. The number of carboxylic acids is 4. The number of aryl methyl sites for hydroxylation is 2. The van der Waals surface area contributed by atoms with Crippen molar-refractivity contribution in [2.75, 3.05) is 0 Å². The van der Waals surface area contributed by atoms with Gasteiger partial charge in [-0.2, -0.15) is 0 Å². The lowest BCUT2D eigenvalue weighted by molar-refractivity contribution is 0.0679. The van der Waals surface area contributed by atoms with Gasteiger partial charge < -0.3 is 20.4 Å². The average molecular weight is 360 g/mol. The van der Waals surface area contributed by atoms with E-state index in [0.717, 1.165) is 0 Å². The Morgan fingerprint density at radius 3 is 1.12 bits per heavy atom. The summed E-state index contributed by atoms with van der Waals surface area (Å²) >= 11 is 0. The maximum atomic E-state index is 10.8. The molecule has 0 saturated carbocycles. The number of rotatable bonds is 4. The Labute approximate surface area is 148 Å². The highest BCUT2D eigenvalue weighted by atomic mass is 16.4. The summed E-state index contributed by atoms with van der Waals surface area (Å²) in [6.07, 6.45) is 0. The molecule has 4 N–H and O–H groups in total. The zero-order chi connectivity index (χ0) is 20.0. The molecule has 8 heteroatoms. The first-order valence-electron chi connectivity index (χ1n) is 7.19. The molecule has 0 spiro atoms.